The number of nitrogens with one attached hydrogen (secondary N) is 2. The summed E-state index contributed by atoms with van der Waals surface area (Å²) >= 11 is 0. The number of hydrogen-bond acceptors (Lipinski definition) is 5. The highest BCUT2D eigenvalue weighted by atomic mass is 16.5. The fraction of sp³-hybridized carbons (Fsp3) is 0.273. The first kappa shape index (κ1) is 18.9. The molecule has 2 N–H and O–H groups in total. The molecule has 1 unspecified atom stereocenters. The maximum atomic E-state index is 11.3. The summed E-state index contributed by atoms with van der Waals surface area (Å²) in [7, 11) is 1.64. The molecule has 1 aromatic heterocycles. The van der Waals surface area contributed by atoms with Gasteiger partial charge >= 0.3 is 0 Å². The Hall–Kier alpha value is -3.48. The van der Waals surface area contributed by atoms with E-state index in [1.54, 1.807) is 7.11 Å². The fourth-order valence-corrected chi connectivity index (χ4v) is 3.85. The molecule has 1 atom stereocenters. The molecule has 0 aliphatic carbocycles. The van der Waals surface area contributed by atoms with E-state index in [1.807, 2.05) is 30.3 Å². The van der Waals surface area contributed by atoms with Crippen LogP contribution in [0.4, 0.5) is 17.2 Å². The van der Waals surface area contributed by atoms with Crippen LogP contribution in [0.2, 0.25) is 0 Å². The number of hydrogen-bond donors (Lipinski definition) is 2. The molecule has 0 spiro atoms. The Morgan fingerprint density at radius 2 is 1.90 bits per heavy atom. The van der Waals surface area contributed by atoms with Gasteiger partial charge in [-0.2, -0.15) is 5.10 Å². The Morgan fingerprint density at radius 1 is 1.14 bits per heavy atom. The lowest BCUT2D eigenvalue weighted by Gasteiger charge is -2.41. The molecule has 150 valence electrons. The minimum atomic E-state index is 0.239. The fourth-order valence-electron chi connectivity index (χ4n) is 3.85. The minimum Gasteiger partial charge on any atom is -0.497 e. The molecule has 1 aliphatic heterocycles. The molecular weight excluding hydrogens is 366 g/mol. The van der Waals surface area contributed by atoms with Crippen molar-refractivity contribution in [3.8, 4) is 17.0 Å². The molecule has 0 bridgehead atoms. The number of para-hydroxylation sites is 1. The zero-order valence-corrected chi connectivity index (χ0v) is 16.6. The van der Waals surface area contributed by atoms with E-state index in [4.69, 9.17) is 4.74 Å². The predicted molar refractivity (Wildman–Crippen MR) is 116 cm³/mol. The number of nitrogens with zero attached hydrogens (tertiary/aromatic N) is 3. The molecule has 7 heteroatoms. The highest BCUT2D eigenvalue weighted by Crippen LogP contribution is 2.36. The monoisotopic (exact) mass is 391 g/mol. The van der Waals surface area contributed by atoms with Crippen LogP contribution < -0.4 is 19.9 Å². The van der Waals surface area contributed by atoms with Crippen molar-refractivity contribution in [1.29, 1.82) is 0 Å². The predicted octanol–water partition coefficient (Wildman–Crippen LogP) is 3.37. The first-order valence-electron chi connectivity index (χ1n) is 9.71. The zero-order chi connectivity index (χ0) is 20.2. The number of carbonyl (C=O) groups excluding carboxylic acids is 1. The van der Waals surface area contributed by atoms with Crippen molar-refractivity contribution in [2.45, 2.75) is 13.0 Å². The molecule has 3 aromatic rings. The van der Waals surface area contributed by atoms with Gasteiger partial charge in [0.25, 0.3) is 0 Å². The summed E-state index contributed by atoms with van der Waals surface area (Å²) in [6.07, 6.45) is 0.701. The average Bonchev–Trinajstić information content (AvgIpc) is 3.18. The molecule has 1 aliphatic rings. The molecule has 4 rings (SSSR count). The summed E-state index contributed by atoms with van der Waals surface area (Å²) in [5, 5.41) is 10.5. The van der Waals surface area contributed by atoms with Crippen LogP contribution in [0, 0.1) is 0 Å². The third kappa shape index (κ3) is 3.76. The van der Waals surface area contributed by atoms with Gasteiger partial charge in [-0.25, -0.2) is 0 Å². The Labute approximate surface area is 170 Å². The van der Waals surface area contributed by atoms with Gasteiger partial charge in [0.2, 0.25) is 6.41 Å². The van der Waals surface area contributed by atoms with Crippen molar-refractivity contribution in [2.75, 3.05) is 41.9 Å². The second-order valence-corrected chi connectivity index (χ2v) is 7.11. The van der Waals surface area contributed by atoms with Gasteiger partial charge in [0.15, 0.2) is 5.82 Å². The van der Waals surface area contributed by atoms with Gasteiger partial charge in [0, 0.05) is 36.9 Å². The number of benzene rings is 2. The lowest BCUT2D eigenvalue weighted by molar-refractivity contribution is -0.105. The first-order valence-corrected chi connectivity index (χ1v) is 9.71. The molecular formula is C22H25N5O2. The molecule has 0 radical (unpaired) electrons. The van der Waals surface area contributed by atoms with Crippen LogP contribution in [0.5, 0.6) is 5.75 Å². The summed E-state index contributed by atoms with van der Waals surface area (Å²) in [6.45, 7) is 4.77. The van der Waals surface area contributed by atoms with E-state index in [0.717, 1.165) is 42.5 Å². The maximum Gasteiger partial charge on any atom is 0.211 e. The second-order valence-electron chi connectivity index (χ2n) is 7.11. The molecule has 0 saturated carbocycles. The van der Waals surface area contributed by atoms with Crippen molar-refractivity contribution in [2.24, 2.45) is 0 Å². The van der Waals surface area contributed by atoms with Crippen molar-refractivity contribution in [3.05, 3.63) is 54.6 Å². The number of amides is 1. The van der Waals surface area contributed by atoms with Crippen LogP contribution in [0.15, 0.2) is 54.6 Å². The van der Waals surface area contributed by atoms with Crippen LogP contribution in [0.3, 0.4) is 0 Å². The van der Waals surface area contributed by atoms with E-state index in [-0.39, 0.29) is 6.04 Å². The summed E-state index contributed by atoms with van der Waals surface area (Å²) in [4.78, 5) is 15.9. The molecule has 29 heavy (non-hydrogen) atoms. The number of rotatable bonds is 6. The zero-order valence-electron chi connectivity index (χ0n) is 16.6. The smallest absolute Gasteiger partial charge is 0.211 e. The number of piperazine rings is 1. The standard InChI is InChI=1S/C22H25N5O2/c1-16-14-26(18-6-4-3-5-7-18)12-13-27(16)22-21(23-15-28)20(24-25-22)17-8-10-19(29-2)11-9-17/h3-11,15-16H,12-14H2,1-2H3,(H,23,28)(H,24,25). The van der Waals surface area contributed by atoms with Crippen molar-refractivity contribution in [1.82, 2.24) is 10.2 Å². The highest BCUT2D eigenvalue weighted by molar-refractivity contribution is 5.90. The van der Waals surface area contributed by atoms with Gasteiger partial charge in [-0.3, -0.25) is 9.89 Å². The van der Waals surface area contributed by atoms with Gasteiger partial charge < -0.3 is 19.9 Å². The summed E-state index contributed by atoms with van der Waals surface area (Å²) < 4.78 is 5.23. The third-order valence-electron chi connectivity index (χ3n) is 5.35. The Morgan fingerprint density at radius 3 is 2.55 bits per heavy atom. The quantitative estimate of drug-likeness (QED) is 0.631. The second kappa shape index (κ2) is 8.26. The lowest BCUT2D eigenvalue weighted by Crippen LogP contribution is -2.52. The van der Waals surface area contributed by atoms with E-state index in [2.05, 4.69) is 56.5 Å². The van der Waals surface area contributed by atoms with Gasteiger partial charge in [-0.05, 0) is 43.3 Å². The van der Waals surface area contributed by atoms with Gasteiger partial charge in [0.1, 0.15) is 11.4 Å². The molecule has 7 nitrogen and oxygen atoms in total. The highest BCUT2D eigenvalue weighted by Gasteiger charge is 2.29. The van der Waals surface area contributed by atoms with E-state index >= 15 is 0 Å². The van der Waals surface area contributed by atoms with Crippen molar-refractivity contribution in [3.63, 3.8) is 0 Å². The SMILES string of the molecule is COc1ccc(-c2[nH]nc(N3CCN(c4ccccc4)CC3C)c2NC=O)cc1. The number of aromatic amines is 1. The van der Waals surface area contributed by atoms with Crippen LogP contribution in [0.1, 0.15) is 6.92 Å². The third-order valence-corrected chi connectivity index (χ3v) is 5.35. The van der Waals surface area contributed by atoms with Crippen LogP contribution in [-0.4, -0.2) is 49.4 Å². The normalized spacial score (nSPS) is 16.6. The molecule has 2 aromatic carbocycles. The van der Waals surface area contributed by atoms with Crippen molar-refractivity contribution < 1.29 is 9.53 Å². The van der Waals surface area contributed by atoms with Gasteiger partial charge in [-0.1, -0.05) is 18.2 Å². The molecule has 1 saturated heterocycles. The minimum absolute atomic E-state index is 0.239. The Balaban J connectivity index is 1.60. The number of anilines is 3. The molecule has 1 amide bonds. The van der Waals surface area contributed by atoms with E-state index in [9.17, 15) is 4.79 Å². The summed E-state index contributed by atoms with van der Waals surface area (Å²) in [5.74, 6) is 1.55. The van der Waals surface area contributed by atoms with Gasteiger partial charge in [0.05, 0.1) is 12.8 Å². The van der Waals surface area contributed by atoms with Crippen LogP contribution >= 0.6 is 0 Å². The first-order chi connectivity index (χ1) is 14.2. The maximum absolute atomic E-state index is 11.3. The van der Waals surface area contributed by atoms with E-state index in [0.29, 0.717) is 12.1 Å². The van der Waals surface area contributed by atoms with E-state index in [1.165, 1.54) is 5.69 Å². The molecule has 1 fully saturated rings. The van der Waals surface area contributed by atoms with Crippen LogP contribution in [-0.2, 0) is 4.79 Å². The Bertz CT molecular complexity index is 955. The number of methoxy groups -OCH3 is 1. The number of ether oxygens (including phenoxy) is 1. The van der Waals surface area contributed by atoms with E-state index < -0.39 is 0 Å². The lowest BCUT2D eigenvalue weighted by atomic mass is 10.1. The number of aromatic nitrogens is 2. The average molecular weight is 391 g/mol. The topological polar surface area (TPSA) is 73.5 Å². The summed E-state index contributed by atoms with van der Waals surface area (Å²) in [5.41, 5.74) is 3.65. The largest absolute Gasteiger partial charge is 0.497 e. The van der Waals surface area contributed by atoms with Crippen molar-refractivity contribution >= 4 is 23.6 Å². The number of H-pyrrole nitrogens is 1. The number of carbonyl (C=O) groups is 1. The Kier molecular flexibility index (Phi) is 5.37. The van der Waals surface area contributed by atoms with Crippen LogP contribution in [0.25, 0.3) is 11.3 Å². The summed E-state index contributed by atoms with van der Waals surface area (Å²) in [6, 6.07) is 18.3. The molecule has 2 heterocycles. The van der Waals surface area contributed by atoms with Gasteiger partial charge in [-0.15, -0.1) is 0 Å².